The summed E-state index contributed by atoms with van der Waals surface area (Å²) >= 11 is 0. The standard InChI is InChI=1S/C19H28N2O4/c1-3-11-20-19(23)15-9-12-21(13-10-15)18(22)14-25-17-8-6-5-7-16(17)24-4-2/h5-8,15H,3-4,9-14H2,1-2H3,(H,20,23). The Hall–Kier alpha value is -2.24. The fraction of sp³-hybridized carbons (Fsp3) is 0.579. The van der Waals surface area contributed by atoms with Crippen LogP contribution >= 0.6 is 0 Å². The summed E-state index contributed by atoms with van der Waals surface area (Å²) in [6, 6.07) is 7.34. The predicted molar refractivity (Wildman–Crippen MR) is 95.7 cm³/mol. The number of hydrogen-bond donors (Lipinski definition) is 1. The minimum atomic E-state index is -0.0567. The van der Waals surface area contributed by atoms with Crippen LogP contribution < -0.4 is 14.8 Å². The van der Waals surface area contributed by atoms with E-state index >= 15 is 0 Å². The van der Waals surface area contributed by atoms with Gasteiger partial charge in [0.15, 0.2) is 18.1 Å². The van der Waals surface area contributed by atoms with Crippen molar-refractivity contribution in [2.45, 2.75) is 33.1 Å². The van der Waals surface area contributed by atoms with E-state index < -0.39 is 0 Å². The molecule has 1 aliphatic heterocycles. The van der Waals surface area contributed by atoms with Gasteiger partial charge in [-0.05, 0) is 38.3 Å². The Morgan fingerprint density at radius 3 is 2.36 bits per heavy atom. The molecule has 6 heteroatoms. The Morgan fingerprint density at radius 2 is 1.76 bits per heavy atom. The lowest BCUT2D eigenvalue weighted by molar-refractivity contribution is -0.137. The van der Waals surface area contributed by atoms with Crippen molar-refractivity contribution in [3.63, 3.8) is 0 Å². The summed E-state index contributed by atoms with van der Waals surface area (Å²) in [5.74, 6) is 1.28. The fourth-order valence-electron chi connectivity index (χ4n) is 2.86. The van der Waals surface area contributed by atoms with Gasteiger partial charge in [-0.2, -0.15) is 0 Å². The van der Waals surface area contributed by atoms with Crippen LogP contribution in [0.3, 0.4) is 0 Å². The summed E-state index contributed by atoms with van der Waals surface area (Å²) in [5.41, 5.74) is 0. The van der Waals surface area contributed by atoms with Crippen LogP contribution in [0, 0.1) is 5.92 Å². The third-order valence-corrected chi connectivity index (χ3v) is 4.27. The van der Waals surface area contributed by atoms with Gasteiger partial charge in [-0.3, -0.25) is 9.59 Å². The summed E-state index contributed by atoms with van der Waals surface area (Å²) in [7, 11) is 0. The Morgan fingerprint density at radius 1 is 1.12 bits per heavy atom. The lowest BCUT2D eigenvalue weighted by Crippen LogP contribution is -2.44. The maximum atomic E-state index is 12.3. The predicted octanol–water partition coefficient (Wildman–Crippen LogP) is 2.23. The number of hydrogen-bond acceptors (Lipinski definition) is 4. The molecular formula is C19H28N2O4. The first kappa shape index (κ1) is 19.1. The number of ether oxygens (including phenoxy) is 2. The number of likely N-dealkylation sites (tertiary alicyclic amines) is 1. The van der Waals surface area contributed by atoms with Crippen LogP contribution in [0.15, 0.2) is 24.3 Å². The molecule has 1 saturated heterocycles. The summed E-state index contributed by atoms with van der Waals surface area (Å²) < 4.78 is 11.1. The van der Waals surface area contributed by atoms with Gasteiger partial charge >= 0.3 is 0 Å². The summed E-state index contributed by atoms with van der Waals surface area (Å²) in [5, 5.41) is 2.93. The molecule has 0 spiro atoms. The minimum Gasteiger partial charge on any atom is -0.490 e. The summed E-state index contributed by atoms with van der Waals surface area (Å²) in [6.07, 6.45) is 2.34. The van der Waals surface area contributed by atoms with Gasteiger partial charge in [-0.25, -0.2) is 0 Å². The van der Waals surface area contributed by atoms with E-state index in [0.717, 1.165) is 6.42 Å². The lowest BCUT2D eigenvalue weighted by atomic mass is 9.96. The van der Waals surface area contributed by atoms with Crippen LogP contribution in [0.25, 0.3) is 0 Å². The molecule has 0 radical (unpaired) electrons. The van der Waals surface area contributed by atoms with E-state index in [2.05, 4.69) is 5.32 Å². The highest BCUT2D eigenvalue weighted by Gasteiger charge is 2.27. The molecule has 1 heterocycles. The second kappa shape index (κ2) is 9.91. The van der Waals surface area contributed by atoms with Gasteiger partial charge in [0, 0.05) is 25.6 Å². The van der Waals surface area contributed by atoms with Crippen molar-refractivity contribution in [2.75, 3.05) is 32.8 Å². The fourth-order valence-corrected chi connectivity index (χ4v) is 2.86. The zero-order valence-corrected chi connectivity index (χ0v) is 15.1. The smallest absolute Gasteiger partial charge is 0.260 e. The number of nitrogens with one attached hydrogen (secondary N) is 1. The van der Waals surface area contributed by atoms with Gasteiger partial charge in [-0.1, -0.05) is 19.1 Å². The van der Waals surface area contributed by atoms with Crippen molar-refractivity contribution in [3.05, 3.63) is 24.3 Å². The third kappa shape index (κ3) is 5.66. The maximum absolute atomic E-state index is 12.3. The molecule has 0 atom stereocenters. The van der Waals surface area contributed by atoms with E-state index in [1.165, 1.54) is 0 Å². The summed E-state index contributed by atoms with van der Waals surface area (Å²) in [6.45, 7) is 6.37. The number of benzene rings is 1. The molecule has 0 aliphatic carbocycles. The van der Waals surface area contributed by atoms with E-state index in [-0.39, 0.29) is 24.3 Å². The van der Waals surface area contributed by atoms with Gasteiger partial charge in [0.25, 0.3) is 5.91 Å². The topological polar surface area (TPSA) is 67.9 Å². The van der Waals surface area contributed by atoms with Crippen LogP contribution in [-0.2, 0) is 9.59 Å². The second-order valence-corrected chi connectivity index (χ2v) is 6.11. The zero-order valence-electron chi connectivity index (χ0n) is 15.1. The highest BCUT2D eigenvalue weighted by molar-refractivity contribution is 5.80. The first-order chi connectivity index (χ1) is 12.2. The Bertz CT molecular complexity index is 568. The average molecular weight is 348 g/mol. The van der Waals surface area contributed by atoms with E-state index in [4.69, 9.17) is 9.47 Å². The van der Waals surface area contributed by atoms with Crippen molar-refractivity contribution in [3.8, 4) is 11.5 Å². The molecule has 0 bridgehead atoms. The average Bonchev–Trinajstić information content (AvgIpc) is 2.65. The number of rotatable bonds is 8. The van der Waals surface area contributed by atoms with Gasteiger partial charge in [0.2, 0.25) is 5.91 Å². The van der Waals surface area contributed by atoms with Crippen molar-refractivity contribution in [1.29, 1.82) is 0 Å². The molecule has 1 fully saturated rings. The molecule has 1 aromatic rings. The SMILES string of the molecule is CCCNC(=O)C1CCN(C(=O)COc2ccccc2OCC)CC1. The molecule has 2 rings (SSSR count). The Labute approximate surface area is 149 Å². The molecular weight excluding hydrogens is 320 g/mol. The van der Waals surface area contributed by atoms with E-state index in [1.54, 1.807) is 11.0 Å². The molecule has 2 amide bonds. The first-order valence-electron chi connectivity index (χ1n) is 9.05. The highest BCUT2D eigenvalue weighted by atomic mass is 16.5. The normalized spacial score (nSPS) is 14.9. The van der Waals surface area contributed by atoms with Crippen LogP contribution in [0.4, 0.5) is 0 Å². The maximum Gasteiger partial charge on any atom is 0.260 e. The van der Waals surface area contributed by atoms with E-state index in [1.807, 2.05) is 32.0 Å². The number of amides is 2. The molecule has 138 valence electrons. The van der Waals surface area contributed by atoms with Crippen LogP contribution in [0.1, 0.15) is 33.1 Å². The van der Waals surface area contributed by atoms with E-state index in [9.17, 15) is 9.59 Å². The largest absolute Gasteiger partial charge is 0.490 e. The number of carbonyl (C=O) groups is 2. The Kier molecular flexibility index (Phi) is 7.57. The summed E-state index contributed by atoms with van der Waals surface area (Å²) in [4.78, 5) is 26.1. The molecule has 25 heavy (non-hydrogen) atoms. The zero-order chi connectivity index (χ0) is 18.1. The monoisotopic (exact) mass is 348 g/mol. The van der Waals surface area contributed by atoms with Crippen LogP contribution in [0.5, 0.6) is 11.5 Å². The molecule has 1 N–H and O–H groups in total. The third-order valence-electron chi connectivity index (χ3n) is 4.27. The van der Waals surface area contributed by atoms with Gasteiger partial charge < -0.3 is 19.7 Å². The number of para-hydroxylation sites is 2. The van der Waals surface area contributed by atoms with Crippen molar-refractivity contribution < 1.29 is 19.1 Å². The van der Waals surface area contributed by atoms with Crippen LogP contribution in [0.2, 0.25) is 0 Å². The molecule has 6 nitrogen and oxygen atoms in total. The molecule has 0 saturated carbocycles. The highest BCUT2D eigenvalue weighted by Crippen LogP contribution is 2.26. The van der Waals surface area contributed by atoms with Crippen molar-refractivity contribution >= 4 is 11.8 Å². The molecule has 1 aromatic carbocycles. The number of nitrogens with zero attached hydrogens (tertiary/aromatic N) is 1. The molecule has 1 aliphatic rings. The van der Waals surface area contributed by atoms with Gasteiger partial charge in [0.05, 0.1) is 6.61 Å². The molecule has 0 unspecified atom stereocenters. The van der Waals surface area contributed by atoms with Crippen molar-refractivity contribution in [2.24, 2.45) is 5.92 Å². The van der Waals surface area contributed by atoms with Crippen LogP contribution in [-0.4, -0.2) is 49.6 Å². The Balaban J connectivity index is 1.78. The number of piperidine rings is 1. The minimum absolute atomic E-state index is 0.00944. The quantitative estimate of drug-likeness (QED) is 0.782. The van der Waals surface area contributed by atoms with Gasteiger partial charge in [0.1, 0.15) is 0 Å². The first-order valence-corrected chi connectivity index (χ1v) is 9.05. The number of carbonyl (C=O) groups excluding carboxylic acids is 2. The van der Waals surface area contributed by atoms with E-state index in [0.29, 0.717) is 50.6 Å². The van der Waals surface area contributed by atoms with Gasteiger partial charge in [-0.15, -0.1) is 0 Å². The molecule has 0 aromatic heterocycles. The second-order valence-electron chi connectivity index (χ2n) is 6.11. The van der Waals surface area contributed by atoms with Crippen molar-refractivity contribution in [1.82, 2.24) is 10.2 Å². The lowest BCUT2D eigenvalue weighted by Gasteiger charge is -2.31.